The summed E-state index contributed by atoms with van der Waals surface area (Å²) in [6, 6.07) is 21.2. The van der Waals surface area contributed by atoms with Crippen LogP contribution in [-0.4, -0.2) is 18.2 Å². The highest BCUT2D eigenvalue weighted by Crippen LogP contribution is 2.32. The molecule has 4 rings (SSSR count). The number of amidine groups is 1. The molecule has 0 radical (unpaired) electrons. The van der Waals surface area contributed by atoms with E-state index >= 15 is 0 Å². The third-order valence-corrected chi connectivity index (χ3v) is 5.37. The van der Waals surface area contributed by atoms with Crippen LogP contribution in [-0.2, 0) is 11.4 Å². The first-order valence-corrected chi connectivity index (χ1v) is 10.3. The Labute approximate surface area is 183 Å². The number of thioether (sulfide) groups is 1. The molecular formula is C24H19FN2O3S. The number of halogens is 1. The van der Waals surface area contributed by atoms with Gasteiger partial charge in [-0.15, -0.1) is 0 Å². The molecule has 3 aromatic rings. The van der Waals surface area contributed by atoms with E-state index in [9.17, 15) is 9.18 Å². The van der Waals surface area contributed by atoms with E-state index in [4.69, 9.17) is 9.47 Å². The summed E-state index contributed by atoms with van der Waals surface area (Å²) in [7, 11) is 1.53. The van der Waals surface area contributed by atoms with Gasteiger partial charge in [-0.2, -0.15) is 0 Å². The average Bonchev–Trinajstić information content (AvgIpc) is 3.12. The van der Waals surface area contributed by atoms with Crippen LogP contribution in [0.15, 0.2) is 82.7 Å². The van der Waals surface area contributed by atoms with Crippen LogP contribution in [0, 0.1) is 5.82 Å². The van der Waals surface area contributed by atoms with Gasteiger partial charge in [0.2, 0.25) is 0 Å². The fourth-order valence-corrected chi connectivity index (χ4v) is 3.76. The number of carbonyl (C=O) groups is 1. The highest BCUT2D eigenvalue weighted by Gasteiger charge is 2.24. The molecule has 7 heteroatoms. The van der Waals surface area contributed by atoms with Gasteiger partial charge in [-0.25, -0.2) is 9.38 Å². The molecule has 3 aromatic carbocycles. The number of ether oxygens (including phenoxy) is 2. The van der Waals surface area contributed by atoms with Crippen molar-refractivity contribution in [2.24, 2.45) is 4.99 Å². The second-order valence-corrected chi connectivity index (χ2v) is 7.64. The van der Waals surface area contributed by atoms with Crippen molar-refractivity contribution in [3.05, 3.63) is 94.6 Å². The SMILES string of the molecule is COc1cc(/C=C2\SC(=Nc3ccccc3)NC2=O)ccc1OCc1ccccc1F. The minimum absolute atomic E-state index is 0.0844. The van der Waals surface area contributed by atoms with Gasteiger partial charge in [0, 0.05) is 5.56 Å². The van der Waals surface area contributed by atoms with Crippen LogP contribution in [0.1, 0.15) is 11.1 Å². The normalized spacial score (nSPS) is 15.9. The van der Waals surface area contributed by atoms with Gasteiger partial charge in [-0.05, 0) is 53.7 Å². The molecule has 156 valence electrons. The maximum Gasteiger partial charge on any atom is 0.264 e. The standard InChI is InChI=1S/C24H19FN2O3S/c1-29-21-13-16(11-12-20(21)30-15-17-7-5-6-10-19(17)25)14-22-23(28)27-24(31-22)26-18-8-3-2-4-9-18/h2-14H,15H2,1H3,(H,26,27,28)/b22-14-. The number of amides is 1. The van der Waals surface area contributed by atoms with Crippen molar-refractivity contribution in [2.45, 2.75) is 6.61 Å². The first-order chi connectivity index (χ1) is 15.1. The zero-order valence-corrected chi connectivity index (χ0v) is 17.5. The summed E-state index contributed by atoms with van der Waals surface area (Å²) in [6.07, 6.45) is 1.76. The first kappa shape index (κ1) is 20.7. The second-order valence-electron chi connectivity index (χ2n) is 6.61. The van der Waals surface area contributed by atoms with E-state index in [0.29, 0.717) is 27.1 Å². The summed E-state index contributed by atoms with van der Waals surface area (Å²) in [6.45, 7) is 0.0844. The predicted molar refractivity (Wildman–Crippen MR) is 121 cm³/mol. The molecular weight excluding hydrogens is 415 g/mol. The monoisotopic (exact) mass is 434 g/mol. The Balaban J connectivity index is 1.50. The minimum atomic E-state index is -0.319. The molecule has 0 aromatic heterocycles. The third kappa shape index (κ3) is 5.13. The maximum atomic E-state index is 13.8. The van der Waals surface area contributed by atoms with Gasteiger partial charge >= 0.3 is 0 Å². The van der Waals surface area contributed by atoms with Crippen molar-refractivity contribution >= 4 is 34.6 Å². The lowest BCUT2D eigenvalue weighted by molar-refractivity contribution is -0.115. The molecule has 0 saturated carbocycles. The van der Waals surface area contributed by atoms with Crippen molar-refractivity contribution in [3.63, 3.8) is 0 Å². The van der Waals surface area contributed by atoms with Crippen LogP contribution in [0.25, 0.3) is 6.08 Å². The number of methoxy groups -OCH3 is 1. The van der Waals surface area contributed by atoms with Crippen LogP contribution in [0.2, 0.25) is 0 Å². The second kappa shape index (κ2) is 9.49. The molecule has 31 heavy (non-hydrogen) atoms. The fraction of sp³-hybridized carbons (Fsp3) is 0.0833. The number of nitrogens with one attached hydrogen (secondary N) is 1. The number of hydrogen-bond acceptors (Lipinski definition) is 5. The summed E-state index contributed by atoms with van der Waals surface area (Å²) in [4.78, 5) is 17.3. The highest BCUT2D eigenvalue weighted by atomic mass is 32.2. The van der Waals surface area contributed by atoms with Gasteiger partial charge in [-0.1, -0.05) is 42.5 Å². The van der Waals surface area contributed by atoms with E-state index < -0.39 is 0 Å². The number of rotatable bonds is 6. The smallest absolute Gasteiger partial charge is 0.264 e. The van der Waals surface area contributed by atoms with Crippen LogP contribution in [0.3, 0.4) is 0 Å². The lowest BCUT2D eigenvalue weighted by atomic mass is 10.2. The average molecular weight is 434 g/mol. The summed E-state index contributed by atoms with van der Waals surface area (Å²) >= 11 is 1.27. The number of carbonyl (C=O) groups excluding carboxylic acids is 1. The van der Waals surface area contributed by atoms with E-state index in [1.807, 2.05) is 36.4 Å². The molecule has 1 aliphatic heterocycles. The van der Waals surface area contributed by atoms with Crippen molar-refractivity contribution < 1.29 is 18.7 Å². The zero-order valence-electron chi connectivity index (χ0n) is 16.7. The molecule has 1 aliphatic rings. The Bertz CT molecular complexity index is 1160. The molecule has 5 nitrogen and oxygen atoms in total. The number of para-hydroxylation sites is 1. The van der Waals surface area contributed by atoms with Gasteiger partial charge in [0.05, 0.1) is 17.7 Å². The van der Waals surface area contributed by atoms with Gasteiger partial charge in [-0.3, -0.25) is 4.79 Å². The Morgan fingerprint density at radius 3 is 2.58 bits per heavy atom. The van der Waals surface area contributed by atoms with E-state index in [0.717, 1.165) is 11.3 Å². The highest BCUT2D eigenvalue weighted by molar-refractivity contribution is 8.18. The van der Waals surface area contributed by atoms with Gasteiger partial charge in [0.15, 0.2) is 16.7 Å². The molecule has 1 fully saturated rings. The van der Waals surface area contributed by atoms with Crippen molar-refractivity contribution in [3.8, 4) is 11.5 Å². The number of nitrogens with zero attached hydrogens (tertiary/aromatic N) is 1. The summed E-state index contributed by atoms with van der Waals surface area (Å²) < 4.78 is 25.0. The Kier molecular flexibility index (Phi) is 6.33. The molecule has 0 spiro atoms. The summed E-state index contributed by atoms with van der Waals surface area (Å²) in [5.41, 5.74) is 2.00. The number of hydrogen-bond donors (Lipinski definition) is 1. The Hall–Kier alpha value is -3.58. The molecule has 0 bridgehead atoms. The lowest BCUT2D eigenvalue weighted by Crippen LogP contribution is -2.19. The van der Waals surface area contributed by atoms with E-state index in [1.165, 1.54) is 24.9 Å². The van der Waals surface area contributed by atoms with Crippen LogP contribution in [0.4, 0.5) is 10.1 Å². The maximum absolute atomic E-state index is 13.8. The minimum Gasteiger partial charge on any atom is -0.493 e. The molecule has 1 amide bonds. The van der Waals surface area contributed by atoms with Crippen molar-refractivity contribution in [1.82, 2.24) is 5.32 Å². The molecule has 0 aliphatic carbocycles. The number of aliphatic imine (C=N–C) groups is 1. The van der Waals surface area contributed by atoms with Gasteiger partial charge in [0.1, 0.15) is 12.4 Å². The van der Waals surface area contributed by atoms with Gasteiger partial charge < -0.3 is 14.8 Å². The van der Waals surface area contributed by atoms with Gasteiger partial charge in [0.25, 0.3) is 5.91 Å². The van der Waals surface area contributed by atoms with Crippen molar-refractivity contribution in [1.29, 1.82) is 0 Å². The summed E-state index contributed by atoms with van der Waals surface area (Å²) in [5.74, 6) is 0.452. The van der Waals surface area contributed by atoms with Crippen LogP contribution < -0.4 is 14.8 Å². The predicted octanol–water partition coefficient (Wildman–Crippen LogP) is 5.30. The Morgan fingerprint density at radius 1 is 1.03 bits per heavy atom. The molecule has 0 unspecified atom stereocenters. The molecule has 1 N–H and O–H groups in total. The Morgan fingerprint density at radius 2 is 1.81 bits per heavy atom. The zero-order chi connectivity index (χ0) is 21.6. The fourth-order valence-electron chi connectivity index (χ4n) is 2.92. The van der Waals surface area contributed by atoms with Crippen LogP contribution >= 0.6 is 11.8 Å². The topological polar surface area (TPSA) is 59.9 Å². The third-order valence-electron chi connectivity index (χ3n) is 4.46. The largest absolute Gasteiger partial charge is 0.493 e. The molecule has 0 atom stereocenters. The number of benzene rings is 3. The van der Waals surface area contributed by atoms with E-state index in [1.54, 1.807) is 36.4 Å². The van der Waals surface area contributed by atoms with E-state index in [2.05, 4.69) is 10.3 Å². The van der Waals surface area contributed by atoms with Crippen LogP contribution in [0.5, 0.6) is 11.5 Å². The summed E-state index contributed by atoms with van der Waals surface area (Å²) in [5, 5.41) is 3.30. The quantitative estimate of drug-likeness (QED) is 0.535. The van der Waals surface area contributed by atoms with Crippen molar-refractivity contribution in [2.75, 3.05) is 7.11 Å². The lowest BCUT2D eigenvalue weighted by Gasteiger charge is -2.12. The molecule has 1 saturated heterocycles. The first-order valence-electron chi connectivity index (χ1n) is 9.51. The molecule has 1 heterocycles. The van der Waals surface area contributed by atoms with E-state index in [-0.39, 0.29) is 18.3 Å².